The molecule has 1 aliphatic heterocycles. The number of nitrogens with one attached hydrogen (secondary N) is 1. The topological polar surface area (TPSA) is 123 Å². The molecule has 1 amide bonds. The first-order valence-corrected chi connectivity index (χ1v) is 11.4. The van der Waals surface area contributed by atoms with Gasteiger partial charge in [0.1, 0.15) is 15.9 Å². The predicted octanol–water partition coefficient (Wildman–Crippen LogP) is 2.02. The van der Waals surface area contributed by atoms with Gasteiger partial charge in [0.25, 0.3) is 15.9 Å². The van der Waals surface area contributed by atoms with E-state index >= 15 is 0 Å². The summed E-state index contributed by atoms with van der Waals surface area (Å²) in [5, 5.41) is 16.3. The summed E-state index contributed by atoms with van der Waals surface area (Å²) in [5.74, 6) is -0.312. The summed E-state index contributed by atoms with van der Waals surface area (Å²) in [6.45, 7) is 2.18. The van der Waals surface area contributed by atoms with Crippen LogP contribution in [0.1, 0.15) is 25.0 Å². The first kappa shape index (κ1) is 19.7. The molecule has 0 aliphatic carbocycles. The quantitative estimate of drug-likeness (QED) is 0.649. The summed E-state index contributed by atoms with van der Waals surface area (Å²) >= 11 is 1.13. The first-order valence-electron chi connectivity index (χ1n) is 9.07. The fourth-order valence-electron chi connectivity index (χ4n) is 3.21. The Bertz CT molecular complexity index is 1100. The Morgan fingerprint density at radius 2 is 2.17 bits per heavy atom. The lowest BCUT2D eigenvalue weighted by Crippen LogP contribution is -2.49. The van der Waals surface area contributed by atoms with E-state index in [9.17, 15) is 13.2 Å². The van der Waals surface area contributed by atoms with E-state index in [2.05, 4.69) is 20.6 Å². The molecule has 0 aromatic carbocycles. The molecule has 1 aliphatic rings. The molecule has 0 saturated carbocycles. The van der Waals surface area contributed by atoms with Crippen molar-refractivity contribution in [3.63, 3.8) is 0 Å². The number of piperidine rings is 1. The van der Waals surface area contributed by atoms with E-state index in [1.165, 1.54) is 4.31 Å². The molecular formula is C17H20N6O4S2. The van der Waals surface area contributed by atoms with Gasteiger partial charge in [-0.1, -0.05) is 17.6 Å². The second-order valence-corrected chi connectivity index (χ2v) is 9.82. The maximum absolute atomic E-state index is 12.9. The average Bonchev–Trinajstić information content (AvgIpc) is 3.44. The maximum Gasteiger partial charge on any atom is 0.322 e. The number of anilines is 1. The molecule has 4 heterocycles. The molecular weight excluding hydrogens is 416 g/mol. The molecule has 29 heavy (non-hydrogen) atoms. The van der Waals surface area contributed by atoms with Crippen LogP contribution in [0.4, 0.5) is 6.01 Å². The van der Waals surface area contributed by atoms with Gasteiger partial charge in [-0.15, -0.1) is 16.4 Å². The molecule has 3 aromatic heterocycles. The zero-order valence-corrected chi connectivity index (χ0v) is 17.5. The average molecular weight is 437 g/mol. The van der Waals surface area contributed by atoms with E-state index in [1.807, 2.05) is 6.92 Å². The van der Waals surface area contributed by atoms with E-state index in [-0.39, 0.29) is 16.1 Å². The van der Waals surface area contributed by atoms with Crippen LogP contribution in [0.15, 0.2) is 32.2 Å². The van der Waals surface area contributed by atoms with Crippen LogP contribution in [0.2, 0.25) is 0 Å². The van der Waals surface area contributed by atoms with Gasteiger partial charge in [0.15, 0.2) is 0 Å². The number of hydrogen-bond acceptors (Lipinski definition) is 8. The Labute approximate surface area is 171 Å². The Balaban J connectivity index is 1.52. The van der Waals surface area contributed by atoms with Gasteiger partial charge >= 0.3 is 6.01 Å². The van der Waals surface area contributed by atoms with Crippen molar-refractivity contribution < 1.29 is 17.6 Å². The summed E-state index contributed by atoms with van der Waals surface area (Å²) < 4.78 is 34.5. The molecule has 154 valence electrons. The largest absolute Gasteiger partial charge is 0.401 e. The molecule has 0 bridgehead atoms. The zero-order chi connectivity index (χ0) is 20.6. The summed E-state index contributed by atoms with van der Waals surface area (Å²) in [6, 6.07) is 4.09. The van der Waals surface area contributed by atoms with Crippen LogP contribution in [-0.2, 0) is 21.9 Å². The number of sulfonamides is 1. The highest BCUT2D eigenvalue weighted by Crippen LogP contribution is 2.28. The number of hydrogen-bond donors (Lipinski definition) is 1. The van der Waals surface area contributed by atoms with Crippen LogP contribution in [0.25, 0.3) is 11.6 Å². The van der Waals surface area contributed by atoms with Crippen molar-refractivity contribution in [1.82, 2.24) is 24.3 Å². The summed E-state index contributed by atoms with van der Waals surface area (Å²) in [5.41, 5.74) is 1.41. The van der Waals surface area contributed by atoms with Gasteiger partial charge in [0, 0.05) is 19.3 Å². The molecule has 10 nitrogen and oxygen atoms in total. The lowest BCUT2D eigenvalue weighted by Gasteiger charge is -2.32. The van der Waals surface area contributed by atoms with Crippen LogP contribution in [0, 0.1) is 6.92 Å². The van der Waals surface area contributed by atoms with Crippen molar-refractivity contribution in [3.05, 3.63) is 29.3 Å². The van der Waals surface area contributed by atoms with Crippen molar-refractivity contribution in [2.75, 3.05) is 11.9 Å². The van der Waals surface area contributed by atoms with Crippen molar-refractivity contribution in [3.8, 4) is 11.6 Å². The van der Waals surface area contributed by atoms with E-state index in [4.69, 9.17) is 4.42 Å². The van der Waals surface area contributed by atoms with Crippen LogP contribution in [0.3, 0.4) is 0 Å². The Hall–Kier alpha value is -2.57. The molecule has 1 saturated heterocycles. The molecule has 1 N–H and O–H groups in total. The van der Waals surface area contributed by atoms with Gasteiger partial charge in [-0.3, -0.25) is 14.8 Å². The number of thiophene rings is 1. The minimum atomic E-state index is -3.73. The molecule has 0 unspecified atom stereocenters. The minimum Gasteiger partial charge on any atom is -0.401 e. The lowest BCUT2D eigenvalue weighted by atomic mass is 10.0. The number of aryl methyl sites for hydroxylation is 2. The number of carbonyl (C=O) groups excluding carboxylic acids is 1. The third-order valence-electron chi connectivity index (χ3n) is 4.80. The number of carbonyl (C=O) groups is 1. The van der Waals surface area contributed by atoms with E-state index in [0.717, 1.165) is 23.5 Å². The molecule has 1 fully saturated rings. The SMILES string of the molecule is Cc1cc(-c2nnc(NC(=O)[C@@H]3CCCCN3S(=O)(=O)c3cccs3)o2)nn1C. The number of amides is 1. The second kappa shape index (κ2) is 7.69. The zero-order valence-electron chi connectivity index (χ0n) is 15.9. The third-order valence-corrected chi connectivity index (χ3v) is 8.08. The van der Waals surface area contributed by atoms with Gasteiger partial charge in [0.2, 0.25) is 5.91 Å². The minimum absolute atomic E-state index is 0.0904. The highest BCUT2D eigenvalue weighted by molar-refractivity contribution is 7.91. The van der Waals surface area contributed by atoms with Crippen molar-refractivity contribution >= 4 is 33.3 Å². The molecule has 12 heteroatoms. The van der Waals surface area contributed by atoms with Crippen LogP contribution in [0.5, 0.6) is 0 Å². The normalized spacial score (nSPS) is 18.1. The van der Waals surface area contributed by atoms with Crippen molar-refractivity contribution in [2.24, 2.45) is 7.05 Å². The highest BCUT2D eigenvalue weighted by Gasteiger charge is 2.38. The van der Waals surface area contributed by atoms with Crippen molar-refractivity contribution in [1.29, 1.82) is 0 Å². The van der Waals surface area contributed by atoms with Crippen LogP contribution >= 0.6 is 11.3 Å². The van der Waals surface area contributed by atoms with Gasteiger partial charge in [-0.25, -0.2) is 8.42 Å². The molecule has 4 rings (SSSR count). The van der Waals surface area contributed by atoms with Crippen LogP contribution in [-0.4, -0.2) is 51.2 Å². The highest BCUT2D eigenvalue weighted by atomic mass is 32.2. The first-order chi connectivity index (χ1) is 13.9. The second-order valence-electron chi connectivity index (χ2n) is 6.76. The van der Waals surface area contributed by atoms with Gasteiger partial charge in [0.05, 0.1) is 0 Å². The number of rotatable bonds is 5. The Morgan fingerprint density at radius 3 is 2.86 bits per heavy atom. The molecule has 1 atom stereocenters. The summed E-state index contributed by atoms with van der Waals surface area (Å²) in [4.78, 5) is 12.8. The van der Waals surface area contributed by atoms with E-state index in [1.54, 1.807) is 35.3 Å². The fourth-order valence-corrected chi connectivity index (χ4v) is 5.99. The lowest BCUT2D eigenvalue weighted by molar-refractivity contribution is -0.120. The molecule has 0 spiro atoms. The Morgan fingerprint density at radius 1 is 1.34 bits per heavy atom. The van der Waals surface area contributed by atoms with Gasteiger partial charge < -0.3 is 4.42 Å². The third kappa shape index (κ3) is 3.82. The van der Waals surface area contributed by atoms with Gasteiger partial charge in [-0.2, -0.15) is 9.40 Å². The summed E-state index contributed by atoms with van der Waals surface area (Å²) in [7, 11) is -1.94. The smallest absolute Gasteiger partial charge is 0.322 e. The predicted molar refractivity (Wildman–Crippen MR) is 106 cm³/mol. The monoisotopic (exact) mass is 436 g/mol. The van der Waals surface area contributed by atoms with E-state index < -0.39 is 22.0 Å². The summed E-state index contributed by atoms with van der Waals surface area (Å²) in [6.07, 6.45) is 1.89. The Kier molecular flexibility index (Phi) is 5.23. The maximum atomic E-state index is 12.9. The van der Waals surface area contributed by atoms with Crippen LogP contribution < -0.4 is 5.32 Å². The fraction of sp³-hybridized carbons (Fsp3) is 0.412. The molecule has 3 aromatic rings. The van der Waals surface area contributed by atoms with Gasteiger partial charge in [-0.05, 0) is 37.3 Å². The standard InChI is InChI=1S/C17H20N6O4S2/c1-11-10-12(21-22(11)2)16-19-20-17(27-16)18-15(24)13-6-3-4-8-23(13)29(25,26)14-7-5-9-28-14/h5,7,9-10,13H,3-4,6,8H2,1-2H3,(H,18,20,24)/t13-/m0/s1. The van der Waals surface area contributed by atoms with E-state index in [0.29, 0.717) is 25.1 Å². The molecule has 0 radical (unpaired) electrons. The number of nitrogens with zero attached hydrogens (tertiary/aromatic N) is 5. The van der Waals surface area contributed by atoms with Crippen molar-refractivity contribution in [2.45, 2.75) is 36.4 Å². The number of aromatic nitrogens is 4.